The van der Waals surface area contributed by atoms with Crippen molar-refractivity contribution in [3.8, 4) is 17.2 Å². The number of hydrogen-bond acceptors (Lipinski definition) is 6. The number of amides is 1. The average molecular weight is 494 g/mol. The van der Waals surface area contributed by atoms with Crippen LogP contribution < -0.4 is 24.4 Å². The molecule has 0 saturated carbocycles. The van der Waals surface area contributed by atoms with Gasteiger partial charge in [-0.05, 0) is 60.2 Å². The fourth-order valence-corrected chi connectivity index (χ4v) is 4.77. The highest BCUT2D eigenvalue weighted by Crippen LogP contribution is 2.36. The fraction of sp³-hybridized carbons (Fsp3) is 0.296. The summed E-state index contributed by atoms with van der Waals surface area (Å²) < 4.78 is 16.4. The van der Waals surface area contributed by atoms with E-state index in [1.807, 2.05) is 24.3 Å². The lowest BCUT2D eigenvalue weighted by Gasteiger charge is -2.40. The molecule has 0 aliphatic carbocycles. The van der Waals surface area contributed by atoms with Crippen molar-refractivity contribution in [1.82, 2.24) is 10.2 Å². The van der Waals surface area contributed by atoms with Crippen LogP contribution in [0.15, 0.2) is 66.7 Å². The van der Waals surface area contributed by atoms with Crippen LogP contribution in [0.25, 0.3) is 0 Å². The predicted octanol–water partition coefficient (Wildman–Crippen LogP) is 4.37. The lowest BCUT2D eigenvalue weighted by Crippen LogP contribution is -2.50. The van der Waals surface area contributed by atoms with Gasteiger partial charge in [0.25, 0.3) is 5.91 Å². The molecule has 8 heteroatoms. The first-order chi connectivity index (χ1) is 17.1. The standard InChI is InChI=1S/C27H28ClN3O4/c1-33-23-8-6-22(7-9-23)30-11-13-31(14-12-30)24(19-5-10-25-26(16-19)35-18-34-25)17-29-27(32)20-3-2-4-21(28)15-20/h2-10,15-16,24H,11-14,17-18H2,1H3,(H,29,32)/t24-/m1/s1. The largest absolute Gasteiger partial charge is 0.497 e. The van der Waals surface area contributed by atoms with Crippen LogP contribution in [0.4, 0.5) is 5.69 Å². The van der Waals surface area contributed by atoms with E-state index >= 15 is 0 Å². The van der Waals surface area contributed by atoms with Gasteiger partial charge in [-0.2, -0.15) is 0 Å². The third-order valence-electron chi connectivity index (χ3n) is 6.52. The third-order valence-corrected chi connectivity index (χ3v) is 6.75. The van der Waals surface area contributed by atoms with E-state index in [9.17, 15) is 4.79 Å². The third kappa shape index (κ3) is 5.31. The molecule has 0 unspecified atom stereocenters. The van der Waals surface area contributed by atoms with Gasteiger partial charge in [-0.25, -0.2) is 0 Å². The molecule has 0 aromatic heterocycles. The molecule has 2 aliphatic rings. The molecule has 35 heavy (non-hydrogen) atoms. The highest BCUT2D eigenvalue weighted by Gasteiger charge is 2.27. The van der Waals surface area contributed by atoms with Crippen molar-refractivity contribution in [2.75, 3.05) is 51.5 Å². The second kappa shape index (κ2) is 10.5. The predicted molar refractivity (Wildman–Crippen MR) is 136 cm³/mol. The van der Waals surface area contributed by atoms with Crippen LogP contribution >= 0.6 is 11.6 Å². The summed E-state index contributed by atoms with van der Waals surface area (Å²) in [7, 11) is 1.68. The number of rotatable bonds is 7. The van der Waals surface area contributed by atoms with Crippen LogP contribution in [-0.2, 0) is 0 Å². The number of anilines is 1. The van der Waals surface area contributed by atoms with Crippen molar-refractivity contribution < 1.29 is 19.0 Å². The quantitative estimate of drug-likeness (QED) is 0.527. The molecule has 1 saturated heterocycles. The van der Waals surface area contributed by atoms with Gasteiger partial charge >= 0.3 is 0 Å². The molecule has 182 valence electrons. The number of benzene rings is 3. The molecule has 1 amide bonds. The second-order valence-corrected chi connectivity index (χ2v) is 9.01. The molecule has 0 spiro atoms. The number of piperazine rings is 1. The van der Waals surface area contributed by atoms with Gasteiger partial charge in [0.15, 0.2) is 11.5 Å². The van der Waals surface area contributed by atoms with Crippen molar-refractivity contribution in [2.45, 2.75) is 6.04 Å². The summed E-state index contributed by atoms with van der Waals surface area (Å²) in [6.45, 7) is 4.19. The molecule has 0 radical (unpaired) electrons. The number of carbonyl (C=O) groups excluding carboxylic acids is 1. The zero-order valence-corrected chi connectivity index (χ0v) is 20.3. The molecule has 0 bridgehead atoms. The lowest BCUT2D eigenvalue weighted by molar-refractivity contribution is 0.0930. The number of fused-ring (bicyclic) bond motifs is 1. The summed E-state index contributed by atoms with van der Waals surface area (Å²) >= 11 is 6.08. The minimum atomic E-state index is -0.143. The van der Waals surface area contributed by atoms with Crippen LogP contribution in [-0.4, -0.2) is 57.4 Å². The molecule has 1 fully saturated rings. The SMILES string of the molecule is COc1ccc(N2CCN([C@H](CNC(=O)c3cccc(Cl)c3)c3ccc4c(c3)OCO4)CC2)cc1. The number of carbonyl (C=O) groups is 1. The van der Waals surface area contributed by atoms with Gasteiger partial charge in [0, 0.05) is 49.0 Å². The summed E-state index contributed by atoms with van der Waals surface area (Å²) in [5.74, 6) is 2.20. The van der Waals surface area contributed by atoms with Crippen LogP contribution in [0.5, 0.6) is 17.2 Å². The Balaban J connectivity index is 1.31. The zero-order chi connectivity index (χ0) is 24.2. The number of nitrogens with zero attached hydrogens (tertiary/aromatic N) is 2. The zero-order valence-electron chi connectivity index (χ0n) is 19.6. The molecular weight excluding hydrogens is 466 g/mol. The van der Waals surface area contributed by atoms with Crippen LogP contribution in [0.2, 0.25) is 5.02 Å². The Hall–Kier alpha value is -3.42. The van der Waals surface area contributed by atoms with E-state index in [0.29, 0.717) is 17.1 Å². The Morgan fingerprint density at radius 2 is 1.77 bits per heavy atom. The number of nitrogens with one attached hydrogen (secondary N) is 1. The average Bonchev–Trinajstić information content (AvgIpc) is 3.37. The van der Waals surface area contributed by atoms with Crippen molar-refractivity contribution in [3.63, 3.8) is 0 Å². The number of hydrogen-bond donors (Lipinski definition) is 1. The highest BCUT2D eigenvalue weighted by atomic mass is 35.5. The van der Waals surface area contributed by atoms with Crippen LogP contribution in [0.1, 0.15) is 22.0 Å². The maximum atomic E-state index is 12.8. The first-order valence-corrected chi connectivity index (χ1v) is 12.0. The normalized spacial score (nSPS) is 16.1. The molecular formula is C27H28ClN3O4. The summed E-state index contributed by atoms with van der Waals surface area (Å²) in [4.78, 5) is 17.6. The van der Waals surface area contributed by atoms with E-state index in [-0.39, 0.29) is 18.7 Å². The molecule has 3 aromatic rings. The Bertz CT molecular complexity index is 1180. The first kappa shape index (κ1) is 23.3. The molecule has 1 atom stereocenters. The van der Waals surface area contributed by atoms with E-state index < -0.39 is 0 Å². The van der Waals surface area contributed by atoms with Crippen molar-refractivity contribution >= 4 is 23.2 Å². The Kier molecular flexibility index (Phi) is 6.97. The lowest BCUT2D eigenvalue weighted by atomic mass is 10.0. The molecule has 3 aromatic carbocycles. The maximum absolute atomic E-state index is 12.8. The Labute approximate surface area is 210 Å². The van der Waals surface area contributed by atoms with E-state index in [4.69, 9.17) is 25.8 Å². The molecule has 7 nitrogen and oxygen atoms in total. The number of methoxy groups -OCH3 is 1. The minimum Gasteiger partial charge on any atom is -0.497 e. The van der Waals surface area contributed by atoms with Gasteiger partial charge in [-0.1, -0.05) is 23.7 Å². The van der Waals surface area contributed by atoms with Crippen molar-refractivity contribution in [2.24, 2.45) is 0 Å². The highest BCUT2D eigenvalue weighted by molar-refractivity contribution is 6.30. The Morgan fingerprint density at radius 1 is 1.00 bits per heavy atom. The van der Waals surface area contributed by atoms with E-state index in [0.717, 1.165) is 49.0 Å². The van der Waals surface area contributed by atoms with Gasteiger partial charge in [0.1, 0.15) is 5.75 Å². The summed E-state index contributed by atoms with van der Waals surface area (Å²) in [5.41, 5.74) is 2.81. The second-order valence-electron chi connectivity index (χ2n) is 8.57. The fourth-order valence-electron chi connectivity index (χ4n) is 4.58. The number of ether oxygens (including phenoxy) is 3. The van der Waals surface area contributed by atoms with Gasteiger partial charge in [0.2, 0.25) is 6.79 Å². The van der Waals surface area contributed by atoms with Crippen molar-refractivity contribution in [1.29, 1.82) is 0 Å². The molecule has 2 heterocycles. The van der Waals surface area contributed by atoms with Crippen LogP contribution in [0.3, 0.4) is 0 Å². The smallest absolute Gasteiger partial charge is 0.251 e. The van der Waals surface area contributed by atoms with E-state index in [1.54, 1.807) is 31.4 Å². The summed E-state index contributed by atoms with van der Waals surface area (Å²) in [6, 6.07) is 21.2. The maximum Gasteiger partial charge on any atom is 0.251 e. The van der Waals surface area contributed by atoms with Gasteiger partial charge in [-0.15, -0.1) is 0 Å². The monoisotopic (exact) mass is 493 g/mol. The number of halogens is 1. The first-order valence-electron chi connectivity index (χ1n) is 11.7. The summed E-state index contributed by atoms with van der Waals surface area (Å²) in [6.07, 6.45) is 0. The van der Waals surface area contributed by atoms with Crippen molar-refractivity contribution in [3.05, 3.63) is 82.9 Å². The molecule has 2 aliphatic heterocycles. The molecule has 1 N–H and O–H groups in total. The van der Waals surface area contributed by atoms with Gasteiger partial charge in [0.05, 0.1) is 13.2 Å². The Morgan fingerprint density at radius 3 is 2.51 bits per heavy atom. The van der Waals surface area contributed by atoms with Gasteiger partial charge < -0.3 is 24.4 Å². The van der Waals surface area contributed by atoms with E-state index in [2.05, 4.69) is 33.3 Å². The summed E-state index contributed by atoms with van der Waals surface area (Å²) in [5, 5.41) is 3.65. The van der Waals surface area contributed by atoms with Crippen LogP contribution in [0, 0.1) is 0 Å². The van der Waals surface area contributed by atoms with E-state index in [1.165, 1.54) is 5.69 Å². The minimum absolute atomic E-state index is 0.00866. The topological polar surface area (TPSA) is 63.3 Å². The molecule has 5 rings (SSSR count). The van der Waals surface area contributed by atoms with Gasteiger partial charge in [-0.3, -0.25) is 9.69 Å².